The Kier molecular flexibility index (Phi) is 6.81. The molecule has 0 aromatic heterocycles. The van der Waals surface area contributed by atoms with Crippen molar-refractivity contribution in [2.24, 2.45) is 0 Å². The third kappa shape index (κ3) is 4.65. The normalized spacial score (nSPS) is 14.4. The molecule has 1 aliphatic heterocycles. The highest BCUT2D eigenvalue weighted by molar-refractivity contribution is 7.89. The highest BCUT2D eigenvalue weighted by Crippen LogP contribution is 2.27. The van der Waals surface area contributed by atoms with Crippen LogP contribution in [0.3, 0.4) is 0 Å². The van der Waals surface area contributed by atoms with E-state index in [1.807, 2.05) is 13.8 Å². The van der Waals surface area contributed by atoms with Crippen LogP contribution in [0.1, 0.15) is 48.2 Å². The Morgan fingerprint density at radius 3 is 2.29 bits per heavy atom. The lowest BCUT2D eigenvalue weighted by atomic mass is 10.1. The maximum absolute atomic E-state index is 12.9. The number of rotatable bonds is 7. The fourth-order valence-electron chi connectivity index (χ4n) is 3.73. The van der Waals surface area contributed by atoms with Gasteiger partial charge in [0.1, 0.15) is 0 Å². The van der Waals surface area contributed by atoms with E-state index in [4.69, 9.17) is 0 Å². The zero-order valence-corrected chi connectivity index (χ0v) is 19.3. The summed E-state index contributed by atoms with van der Waals surface area (Å²) in [5, 5.41) is 2.85. The Labute approximate surface area is 184 Å². The summed E-state index contributed by atoms with van der Waals surface area (Å²) in [5.41, 5.74) is 3.27. The number of anilines is 2. The smallest absolute Gasteiger partial charge is 0.255 e. The zero-order chi connectivity index (χ0) is 22.8. The van der Waals surface area contributed by atoms with Gasteiger partial charge >= 0.3 is 0 Å². The molecular weight excluding hydrogens is 414 g/mol. The van der Waals surface area contributed by atoms with Gasteiger partial charge < -0.3 is 10.2 Å². The fourth-order valence-corrected chi connectivity index (χ4v) is 5.30. The largest absolute Gasteiger partial charge is 0.322 e. The molecule has 0 bridgehead atoms. The second-order valence-electron chi connectivity index (χ2n) is 7.65. The van der Waals surface area contributed by atoms with E-state index in [1.54, 1.807) is 49.1 Å². The van der Waals surface area contributed by atoms with E-state index in [0.29, 0.717) is 37.3 Å². The summed E-state index contributed by atoms with van der Waals surface area (Å²) in [6.45, 7) is 8.71. The van der Waals surface area contributed by atoms with E-state index in [-0.39, 0.29) is 16.7 Å². The van der Waals surface area contributed by atoms with Gasteiger partial charge in [0.05, 0.1) is 4.90 Å². The molecule has 2 aromatic rings. The number of hydrogen-bond acceptors (Lipinski definition) is 4. The van der Waals surface area contributed by atoms with Crippen LogP contribution < -0.4 is 10.2 Å². The van der Waals surface area contributed by atoms with Crippen molar-refractivity contribution in [1.29, 1.82) is 0 Å². The highest BCUT2D eigenvalue weighted by Gasteiger charge is 2.24. The molecule has 7 nitrogen and oxygen atoms in total. The molecule has 1 saturated heterocycles. The molecule has 0 spiro atoms. The molecule has 2 aromatic carbocycles. The van der Waals surface area contributed by atoms with Crippen LogP contribution in [0.5, 0.6) is 0 Å². The molecule has 0 aliphatic carbocycles. The van der Waals surface area contributed by atoms with Crippen molar-refractivity contribution >= 4 is 33.2 Å². The minimum absolute atomic E-state index is 0.0922. The van der Waals surface area contributed by atoms with E-state index >= 15 is 0 Å². The van der Waals surface area contributed by atoms with E-state index in [9.17, 15) is 18.0 Å². The number of benzene rings is 2. The van der Waals surface area contributed by atoms with Crippen LogP contribution in [-0.4, -0.2) is 44.2 Å². The standard InChI is InChI=1S/C23H29N3O4S/c1-5-25(6-2)31(29,30)20-14-16(3)17(4)21(15-20)24-23(28)18-9-11-19(12-10-18)26-13-7-8-22(26)27/h9-12,14-15H,5-8,13H2,1-4H3,(H,24,28). The molecule has 3 rings (SSSR count). The van der Waals surface area contributed by atoms with Crippen molar-refractivity contribution in [3.05, 3.63) is 53.1 Å². The average Bonchev–Trinajstić information content (AvgIpc) is 3.17. The van der Waals surface area contributed by atoms with Gasteiger partial charge in [-0.2, -0.15) is 4.31 Å². The van der Waals surface area contributed by atoms with E-state index < -0.39 is 10.0 Å². The number of carbonyl (C=O) groups is 2. The molecule has 1 heterocycles. The first-order chi connectivity index (χ1) is 14.7. The van der Waals surface area contributed by atoms with E-state index in [2.05, 4.69) is 5.32 Å². The molecule has 1 aliphatic rings. The predicted molar refractivity (Wildman–Crippen MR) is 122 cm³/mol. The predicted octanol–water partition coefficient (Wildman–Crippen LogP) is 3.71. The lowest BCUT2D eigenvalue weighted by molar-refractivity contribution is -0.117. The maximum Gasteiger partial charge on any atom is 0.255 e. The maximum atomic E-state index is 12.9. The summed E-state index contributed by atoms with van der Waals surface area (Å²) in [6.07, 6.45) is 1.39. The number of nitrogens with one attached hydrogen (secondary N) is 1. The second-order valence-corrected chi connectivity index (χ2v) is 9.59. The van der Waals surface area contributed by atoms with Crippen LogP contribution >= 0.6 is 0 Å². The Bertz CT molecular complexity index is 1090. The van der Waals surface area contributed by atoms with Crippen molar-refractivity contribution in [2.45, 2.75) is 45.4 Å². The van der Waals surface area contributed by atoms with Gasteiger partial charge in [0.2, 0.25) is 15.9 Å². The highest BCUT2D eigenvalue weighted by atomic mass is 32.2. The van der Waals surface area contributed by atoms with Crippen molar-refractivity contribution in [3.8, 4) is 0 Å². The molecular formula is C23H29N3O4S. The Balaban J connectivity index is 1.86. The van der Waals surface area contributed by atoms with Gasteiger partial charge in [-0.3, -0.25) is 9.59 Å². The van der Waals surface area contributed by atoms with Crippen LogP contribution in [0.25, 0.3) is 0 Å². The average molecular weight is 444 g/mol. The lowest BCUT2D eigenvalue weighted by Gasteiger charge is -2.20. The first-order valence-corrected chi connectivity index (χ1v) is 12.0. The molecule has 1 fully saturated rings. The Hall–Kier alpha value is -2.71. The number of amides is 2. The summed E-state index contributed by atoms with van der Waals surface area (Å²) in [7, 11) is -3.64. The number of nitrogens with zero attached hydrogens (tertiary/aromatic N) is 2. The van der Waals surface area contributed by atoms with Crippen LogP contribution in [0.4, 0.5) is 11.4 Å². The van der Waals surface area contributed by atoms with Gasteiger partial charge in [-0.15, -0.1) is 0 Å². The molecule has 8 heteroatoms. The minimum Gasteiger partial charge on any atom is -0.322 e. The van der Waals surface area contributed by atoms with Crippen molar-refractivity contribution in [3.63, 3.8) is 0 Å². The summed E-state index contributed by atoms with van der Waals surface area (Å²) < 4.78 is 27.3. The third-order valence-corrected chi connectivity index (χ3v) is 7.77. The lowest BCUT2D eigenvalue weighted by Crippen LogP contribution is -2.30. The summed E-state index contributed by atoms with van der Waals surface area (Å²) in [6, 6.07) is 10.0. The van der Waals surface area contributed by atoms with Crippen LogP contribution in [0.2, 0.25) is 0 Å². The second kappa shape index (κ2) is 9.20. The molecule has 2 amide bonds. The fraction of sp³-hybridized carbons (Fsp3) is 0.391. The number of sulfonamides is 1. The van der Waals surface area contributed by atoms with Gasteiger partial charge in [0, 0.05) is 43.0 Å². The van der Waals surface area contributed by atoms with E-state index in [0.717, 1.165) is 23.2 Å². The van der Waals surface area contributed by atoms with Gasteiger partial charge in [0.25, 0.3) is 5.91 Å². The van der Waals surface area contributed by atoms with Crippen molar-refractivity contribution < 1.29 is 18.0 Å². The van der Waals surface area contributed by atoms with Crippen molar-refractivity contribution in [1.82, 2.24) is 4.31 Å². The minimum atomic E-state index is -3.64. The van der Waals surface area contributed by atoms with Gasteiger partial charge in [0.15, 0.2) is 0 Å². The molecule has 1 N–H and O–H groups in total. The zero-order valence-electron chi connectivity index (χ0n) is 18.4. The molecule has 31 heavy (non-hydrogen) atoms. The number of hydrogen-bond donors (Lipinski definition) is 1. The van der Waals surface area contributed by atoms with Crippen LogP contribution in [0.15, 0.2) is 41.3 Å². The van der Waals surface area contributed by atoms with Gasteiger partial charge in [-0.1, -0.05) is 13.8 Å². The number of carbonyl (C=O) groups excluding carboxylic acids is 2. The van der Waals surface area contributed by atoms with Crippen LogP contribution in [0, 0.1) is 13.8 Å². The monoisotopic (exact) mass is 443 g/mol. The third-order valence-electron chi connectivity index (χ3n) is 5.75. The first kappa shape index (κ1) is 23.0. The molecule has 0 saturated carbocycles. The van der Waals surface area contributed by atoms with E-state index in [1.165, 1.54) is 10.4 Å². The van der Waals surface area contributed by atoms with Crippen molar-refractivity contribution in [2.75, 3.05) is 29.9 Å². The Morgan fingerprint density at radius 2 is 1.74 bits per heavy atom. The van der Waals surface area contributed by atoms with Crippen LogP contribution in [-0.2, 0) is 14.8 Å². The molecule has 0 unspecified atom stereocenters. The molecule has 0 radical (unpaired) electrons. The summed E-state index contributed by atoms with van der Waals surface area (Å²) in [4.78, 5) is 26.6. The first-order valence-electron chi connectivity index (χ1n) is 10.5. The summed E-state index contributed by atoms with van der Waals surface area (Å²) >= 11 is 0. The summed E-state index contributed by atoms with van der Waals surface area (Å²) in [5.74, 6) is -0.242. The van der Waals surface area contributed by atoms with Gasteiger partial charge in [-0.25, -0.2) is 8.42 Å². The number of aryl methyl sites for hydroxylation is 1. The molecule has 0 atom stereocenters. The molecule has 166 valence electrons. The van der Waals surface area contributed by atoms with Gasteiger partial charge in [-0.05, 0) is 67.8 Å². The Morgan fingerprint density at radius 1 is 1.10 bits per heavy atom. The SMILES string of the molecule is CCN(CC)S(=O)(=O)c1cc(C)c(C)c(NC(=O)c2ccc(N3CCCC3=O)cc2)c1. The topological polar surface area (TPSA) is 86.8 Å². The quantitative estimate of drug-likeness (QED) is 0.707.